The van der Waals surface area contributed by atoms with E-state index in [1.165, 1.54) is 12.3 Å². The van der Waals surface area contributed by atoms with E-state index < -0.39 is 5.25 Å². The molecule has 8 heteroatoms. The Morgan fingerprint density at radius 3 is 2.62 bits per heavy atom. The van der Waals surface area contributed by atoms with Crippen molar-refractivity contribution in [3.05, 3.63) is 50.9 Å². The number of nitrogens with one attached hydrogen (secondary N) is 2. The number of carbonyl (C=O) groups is 1. The highest BCUT2D eigenvalue weighted by Crippen LogP contribution is 2.24. The van der Waals surface area contributed by atoms with Gasteiger partial charge in [-0.15, -0.1) is 0 Å². The lowest BCUT2D eigenvalue weighted by Crippen LogP contribution is -2.23. The smallest absolute Gasteiger partial charge is 0.251 e. The van der Waals surface area contributed by atoms with Gasteiger partial charge in [0.1, 0.15) is 0 Å². The molecule has 0 aliphatic rings. The zero-order valence-electron chi connectivity index (χ0n) is 10.9. The summed E-state index contributed by atoms with van der Waals surface area (Å²) in [6.45, 7) is 1.71. The Labute approximate surface area is 135 Å². The van der Waals surface area contributed by atoms with E-state index in [0.717, 1.165) is 11.8 Å². The van der Waals surface area contributed by atoms with Crippen LogP contribution in [0.4, 0.5) is 5.69 Å². The Kier molecular flexibility index (Phi) is 5.27. The van der Waals surface area contributed by atoms with E-state index in [-0.39, 0.29) is 11.5 Å². The lowest BCUT2D eigenvalue weighted by molar-refractivity contribution is -0.115. The van der Waals surface area contributed by atoms with Crippen LogP contribution in [-0.2, 0) is 4.79 Å². The summed E-state index contributed by atoms with van der Waals surface area (Å²) in [4.78, 5) is 29.8. The van der Waals surface area contributed by atoms with Crippen LogP contribution in [0.2, 0.25) is 10.0 Å². The lowest BCUT2D eigenvalue weighted by atomic mass is 10.3. The summed E-state index contributed by atoms with van der Waals surface area (Å²) in [6.07, 6.45) is 1.39. The van der Waals surface area contributed by atoms with Crippen LogP contribution in [0, 0.1) is 0 Å². The standard InChI is InChI=1S/C13H11Cl2N3O2S/c1-7(21-13-16-3-2-11(19)18-13)12(20)17-10-5-8(14)4-9(15)6-10/h2-7H,1H3,(H,17,20)(H,16,18,19)/t7-/m0/s1. The van der Waals surface area contributed by atoms with Crippen LogP contribution in [0.3, 0.4) is 0 Å². The summed E-state index contributed by atoms with van der Waals surface area (Å²) < 4.78 is 0. The normalized spacial score (nSPS) is 12.0. The zero-order valence-corrected chi connectivity index (χ0v) is 13.2. The molecule has 2 aromatic rings. The third kappa shape index (κ3) is 4.77. The van der Waals surface area contributed by atoms with Crippen LogP contribution >= 0.6 is 35.0 Å². The first kappa shape index (κ1) is 15.9. The Bertz CT molecular complexity index is 700. The highest BCUT2D eigenvalue weighted by Gasteiger charge is 2.16. The van der Waals surface area contributed by atoms with E-state index in [4.69, 9.17) is 23.2 Å². The van der Waals surface area contributed by atoms with Crippen molar-refractivity contribution in [3.8, 4) is 0 Å². The molecule has 0 radical (unpaired) electrons. The van der Waals surface area contributed by atoms with Crippen molar-refractivity contribution in [3.63, 3.8) is 0 Å². The Balaban J connectivity index is 2.04. The van der Waals surface area contributed by atoms with Gasteiger partial charge in [0.05, 0.1) is 5.25 Å². The van der Waals surface area contributed by atoms with E-state index in [1.807, 2.05) is 0 Å². The van der Waals surface area contributed by atoms with Gasteiger partial charge in [-0.05, 0) is 25.1 Å². The van der Waals surface area contributed by atoms with Crippen molar-refractivity contribution >= 4 is 46.6 Å². The van der Waals surface area contributed by atoms with Gasteiger partial charge in [-0.25, -0.2) is 4.98 Å². The van der Waals surface area contributed by atoms with Crippen LogP contribution in [0.25, 0.3) is 0 Å². The van der Waals surface area contributed by atoms with Crippen molar-refractivity contribution in [2.45, 2.75) is 17.3 Å². The molecule has 0 aliphatic carbocycles. The molecule has 1 aromatic carbocycles. The molecule has 0 aliphatic heterocycles. The number of thioether (sulfide) groups is 1. The number of hydrogen-bond acceptors (Lipinski definition) is 4. The monoisotopic (exact) mass is 343 g/mol. The Morgan fingerprint density at radius 1 is 1.33 bits per heavy atom. The molecule has 0 saturated heterocycles. The quantitative estimate of drug-likeness (QED) is 0.660. The minimum atomic E-state index is -0.451. The summed E-state index contributed by atoms with van der Waals surface area (Å²) in [6, 6.07) is 6.09. The molecular formula is C13H11Cl2N3O2S. The SMILES string of the molecule is C[C@H](Sc1nccc(=O)[nH]1)C(=O)Nc1cc(Cl)cc(Cl)c1. The predicted molar refractivity (Wildman–Crippen MR) is 85.3 cm³/mol. The van der Waals surface area contributed by atoms with Crippen LogP contribution in [0.5, 0.6) is 0 Å². The molecule has 1 heterocycles. The summed E-state index contributed by atoms with van der Waals surface area (Å²) in [5.74, 6) is -0.246. The van der Waals surface area contributed by atoms with Crippen molar-refractivity contribution in [2.24, 2.45) is 0 Å². The molecule has 0 bridgehead atoms. The molecule has 21 heavy (non-hydrogen) atoms. The number of aromatic amines is 1. The largest absolute Gasteiger partial charge is 0.325 e. The number of carbonyl (C=O) groups excluding carboxylic acids is 1. The minimum absolute atomic E-state index is 0.246. The van der Waals surface area contributed by atoms with Gasteiger partial charge in [0.25, 0.3) is 5.56 Å². The molecule has 0 unspecified atom stereocenters. The van der Waals surface area contributed by atoms with Gasteiger partial charge >= 0.3 is 0 Å². The van der Waals surface area contributed by atoms with Crippen molar-refractivity contribution < 1.29 is 4.79 Å². The number of benzene rings is 1. The molecule has 0 spiro atoms. The van der Waals surface area contributed by atoms with E-state index in [9.17, 15) is 9.59 Å². The van der Waals surface area contributed by atoms with Crippen LogP contribution < -0.4 is 10.9 Å². The highest BCUT2D eigenvalue weighted by atomic mass is 35.5. The zero-order chi connectivity index (χ0) is 15.4. The number of nitrogens with zero attached hydrogens (tertiary/aromatic N) is 1. The van der Waals surface area contributed by atoms with Crippen LogP contribution in [0.1, 0.15) is 6.92 Å². The Hall–Kier alpha value is -1.50. The molecule has 2 rings (SSSR count). The van der Waals surface area contributed by atoms with Gasteiger partial charge in [-0.2, -0.15) is 0 Å². The van der Waals surface area contributed by atoms with Crippen LogP contribution in [-0.4, -0.2) is 21.1 Å². The van der Waals surface area contributed by atoms with Gasteiger partial charge in [0.15, 0.2) is 5.16 Å². The average Bonchev–Trinajstić information content (AvgIpc) is 2.37. The number of aromatic nitrogens is 2. The molecule has 2 N–H and O–H groups in total. The minimum Gasteiger partial charge on any atom is -0.325 e. The van der Waals surface area contributed by atoms with Gasteiger partial charge in [0.2, 0.25) is 5.91 Å². The molecule has 1 amide bonds. The third-order valence-electron chi connectivity index (χ3n) is 2.44. The second-order valence-electron chi connectivity index (χ2n) is 4.15. The first-order valence-corrected chi connectivity index (χ1v) is 7.56. The molecule has 110 valence electrons. The molecule has 0 saturated carbocycles. The summed E-state index contributed by atoms with van der Waals surface area (Å²) >= 11 is 12.9. The molecule has 0 fully saturated rings. The summed E-state index contributed by atoms with van der Waals surface area (Å²) in [5.41, 5.74) is 0.251. The molecule has 5 nitrogen and oxygen atoms in total. The van der Waals surface area contributed by atoms with Gasteiger partial charge < -0.3 is 10.3 Å². The summed E-state index contributed by atoms with van der Waals surface area (Å²) in [5, 5.41) is 3.52. The number of hydrogen-bond donors (Lipinski definition) is 2. The summed E-state index contributed by atoms with van der Waals surface area (Å²) in [7, 11) is 0. The fraction of sp³-hybridized carbons (Fsp3) is 0.154. The maximum absolute atomic E-state index is 12.1. The van der Waals surface area contributed by atoms with Gasteiger partial charge in [-0.1, -0.05) is 35.0 Å². The fourth-order valence-corrected chi connectivity index (χ4v) is 2.81. The van der Waals surface area contributed by atoms with Gasteiger partial charge in [-0.3, -0.25) is 9.59 Å². The van der Waals surface area contributed by atoms with E-state index in [1.54, 1.807) is 25.1 Å². The number of H-pyrrole nitrogens is 1. The van der Waals surface area contributed by atoms with E-state index in [0.29, 0.717) is 20.9 Å². The van der Waals surface area contributed by atoms with Crippen molar-refractivity contribution in [1.29, 1.82) is 0 Å². The maximum Gasteiger partial charge on any atom is 0.251 e. The highest BCUT2D eigenvalue weighted by molar-refractivity contribution is 8.00. The number of amides is 1. The second kappa shape index (κ2) is 6.98. The van der Waals surface area contributed by atoms with Gasteiger partial charge in [0, 0.05) is 28.0 Å². The predicted octanol–water partition coefficient (Wildman–Crippen LogP) is 3.20. The van der Waals surface area contributed by atoms with Crippen LogP contribution in [0.15, 0.2) is 40.4 Å². The second-order valence-corrected chi connectivity index (χ2v) is 6.35. The molecule has 1 atom stereocenters. The maximum atomic E-state index is 12.1. The fourth-order valence-electron chi connectivity index (χ4n) is 1.50. The number of anilines is 1. The topological polar surface area (TPSA) is 74.8 Å². The molecular weight excluding hydrogens is 333 g/mol. The van der Waals surface area contributed by atoms with Crippen molar-refractivity contribution in [1.82, 2.24) is 9.97 Å². The average molecular weight is 344 g/mol. The number of rotatable bonds is 4. The first-order valence-electron chi connectivity index (χ1n) is 5.93. The van der Waals surface area contributed by atoms with E-state index >= 15 is 0 Å². The Morgan fingerprint density at radius 2 is 2.00 bits per heavy atom. The van der Waals surface area contributed by atoms with E-state index in [2.05, 4.69) is 15.3 Å². The first-order chi connectivity index (χ1) is 9.94. The lowest BCUT2D eigenvalue weighted by Gasteiger charge is -2.11. The number of halogens is 2. The third-order valence-corrected chi connectivity index (χ3v) is 3.87. The molecule has 1 aromatic heterocycles. The van der Waals surface area contributed by atoms with Crippen molar-refractivity contribution in [2.75, 3.05) is 5.32 Å².